The third-order valence-electron chi connectivity index (χ3n) is 6.87. The number of benzene rings is 3. The largest absolute Gasteiger partial charge is 0.493 e. The summed E-state index contributed by atoms with van der Waals surface area (Å²) in [5, 5.41) is 2.27. The number of unbranched alkanes of at least 4 members (excludes halogenated alkanes) is 2. The van der Waals surface area contributed by atoms with E-state index in [4.69, 9.17) is 13.9 Å². The second-order valence-corrected chi connectivity index (χ2v) is 14.5. The van der Waals surface area contributed by atoms with E-state index >= 15 is 0 Å². The number of methoxy groups -OCH3 is 2. The van der Waals surface area contributed by atoms with Gasteiger partial charge in [0.25, 0.3) is 8.32 Å². The van der Waals surface area contributed by atoms with Gasteiger partial charge in [0, 0.05) is 5.56 Å². The van der Waals surface area contributed by atoms with Crippen LogP contribution in [0.25, 0.3) is 0 Å². The van der Waals surface area contributed by atoms with Crippen molar-refractivity contribution in [1.29, 1.82) is 0 Å². The third kappa shape index (κ3) is 5.74. The lowest BCUT2D eigenvalue weighted by Crippen LogP contribution is -2.66. The van der Waals surface area contributed by atoms with Crippen molar-refractivity contribution in [2.45, 2.75) is 64.5 Å². The summed E-state index contributed by atoms with van der Waals surface area (Å²) in [6.45, 7) is 9.03. The molecule has 36 heavy (non-hydrogen) atoms. The van der Waals surface area contributed by atoms with E-state index in [1.54, 1.807) is 20.3 Å². The van der Waals surface area contributed by atoms with E-state index < -0.39 is 8.32 Å². The van der Waals surface area contributed by atoms with E-state index in [0.717, 1.165) is 37.5 Å². The molecule has 1 unspecified atom stereocenters. The number of aldehydes is 1. The first-order valence-electron chi connectivity index (χ1n) is 12.8. The Morgan fingerprint density at radius 2 is 1.36 bits per heavy atom. The standard InChI is InChI=1S/C31H40O4Si/c1-7-8-11-20-28(27-22-30(34-6)29(33-5)21-24(27)23-32)35-36(31(2,3)4,25-16-12-9-13-17-25)26-18-14-10-15-19-26/h9-10,12-19,21-23,28H,7-8,11,20H2,1-6H3. The quantitative estimate of drug-likeness (QED) is 0.156. The molecule has 0 bridgehead atoms. The van der Waals surface area contributed by atoms with Gasteiger partial charge in [-0.2, -0.15) is 0 Å². The van der Waals surface area contributed by atoms with Crippen LogP contribution in [0, 0.1) is 0 Å². The molecule has 0 saturated heterocycles. The summed E-state index contributed by atoms with van der Waals surface area (Å²) in [5.41, 5.74) is 1.43. The zero-order chi connectivity index (χ0) is 26.2. The molecule has 4 nitrogen and oxygen atoms in total. The molecule has 0 spiro atoms. The fourth-order valence-electron chi connectivity index (χ4n) is 5.05. The van der Waals surface area contributed by atoms with E-state index in [1.807, 2.05) is 18.2 Å². The molecular weight excluding hydrogens is 464 g/mol. The minimum atomic E-state index is -2.83. The van der Waals surface area contributed by atoms with Gasteiger partial charge in [-0.15, -0.1) is 0 Å². The lowest BCUT2D eigenvalue weighted by Gasteiger charge is -2.45. The van der Waals surface area contributed by atoms with Crippen molar-refractivity contribution < 1.29 is 18.7 Å². The Hall–Kier alpha value is -2.89. The van der Waals surface area contributed by atoms with Gasteiger partial charge in [0.15, 0.2) is 17.8 Å². The minimum absolute atomic E-state index is 0.170. The van der Waals surface area contributed by atoms with E-state index in [9.17, 15) is 4.79 Å². The SMILES string of the molecule is CCCCCC(O[Si](c1ccccc1)(c1ccccc1)C(C)(C)C)c1cc(OC)c(OC)cc1C=O. The van der Waals surface area contributed by atoms with Crippen LogP contribution in [0.2, 0.25) is 5.04 Å². The smallest absolute Gasteiger partial charge is 0.261 e. The predicted molar refractivity (Wildman–Crippen MR) is 151 cm³/mol. The monoisotopic (exact) mass is 504 g/mol. The molecule has 3 rings (SSSR count). The molecule has 0 aromatic heterocycles. The van der Waals surface area contributed by atoms with Crippen LogP contribution in [0.15, 0.2) is 72.8 Å². The van der Waals surface area contributed by atoms with E-state index in [1.165, 1.54) is 10.4 Å². The molecule has 1 atom stereocenters. The molecule has 0 N–H and O–H groups in total. The molecule has 0 amide bonds. The highest BCUT2D eigenvalue weighted by Gasteiger charge is 2.51. The lowest BCUT2D eigenvalue weighted by atomic mass is 9.98. The Morgan fingerprint density at radius 3 is 1.81 bits per heavy atom. The van der Waals surface area contributed by atoms with Gasteiger partial charge in [-0.3, -0.25) is 4.79 Å². The van der Waals surface area contributed by atoms with Gasteiger partial charge < -0.3 is 13.9 Å². The summed E-state index contributed by atoms with van der Waals surface area (Å²) in [4.78, 5) is 12.3. The second kappa shape index (κ2) is 12.4. The Morgan fingerprint density at radius 1 is 0.833 bits per heavy atom. The van der Waals surface area contributed by atoms with E-state index in [0.29, 0.717) is 17.1 Å². The molecule has 192 valence electrons. The van der Waals surface area contributed by atoms with Crippen molar-refractivity contribution in [3.63, 3.8) is 0 Å². The van der Waals surface area contributed by atoms with Crippen LogP contribution in [0.3, 0.4) is 0 Å². The molecule has 0 aliphatic rings. The zero-order valence-electron chi connectivity index (χ0n) is 22.5. The molecular formula is C31H40O4Si. The maximum atomic E-state index is 12.3. The molecule has 5 heteroatoms. The van der Waals surface area contributed by atoms with Crippen molar-refractivity contribution in [3.8, 4) is 11.5 Å². The van der Waals surface area contributed by atoms with Crippen molar-refractivity contribution in [3.05, 3.63) is 83.9 Å². The first-order chi connectivity index (χ1) is 17.3. The van der Waals surface area contributed by atoms with Gasteiger partial charge in [0.1, 0.15) is 0 Å². The third-order valence-corrected chi connectivity index (χ3v) is 11.9. The highest BCUT2D eigenvalue weighted by Crippen LogP contribution is 2.43. The van der Waals surface area contributed by atoms with Gasteiger partial charge in [0.05, 0.1) is 20.3 Å². The van der Waals surface area contributed by atoms with Gasteiger partial charge in [-0.05, 0) is 39.5 Å². The number of hydrogen-bond acceptors (Lipinski definition) is 4. The molecule has 0 radical (unpaired) electrons. The van der Waals surface area contributed by atoms with Crippen molar-refractivity contribution in [1.82, 2.24) is 0 Å². The average Bonchev–Trinajstić information content (AvgIpc) is 2.90. The Kier molecular flexibility index (Phi) is 9.52. The maximum absolute atomic E-state index is 12.3. The summed E-state index contributed by atoms with van der Waals surface area (Å²) in [5.74, 6) is 1.14. The fraction of sp³-hybridized carbons (Fsp3) is 0.387. The Balaban J connectivity index is 2.27. The van der Waals surface area contributed by atoms with Crippen molar-refractivity contribution >= 4 is 25.0 Å². The van der Waals surface area contributed by atoms with Crippen LogP contribution < -0.4 is 19.8 Å². The number of carbonyl (C=O) groups excluding carboxylic acids is 1. The van der Waals surface area contributed by atoms with Gasteiger partial charge in [-0.25, -0.2) is 0 Å². The van der Waals surface area contributed by atoms with Gasteiger partial charge in [0.2, 0.25) is 0 Å². The lowest BCUT2D eigenvalue weighted by molar-refractivity contribution is 0.111. The maximum Gasteiger partial charge on any atom is 0.261 e. The summed E-state index contributed by atoms with van der Waals surface area (Å²) in [7, 11) is 0.381. The Labute approximate surface area is 217 Å². The second-order valence-electron chi connectivity index (χ2n) is 10.2. The highest BCUT2D eigenvalue weighted by atomic mass is 28.4. The number of ether oxygens (including phenoxy) is 2. The number of carbonyl (C=O) groups is 1. The van der Waals surface area contributed by atoms with Crippen LogP contribution >= 0.6 is 0 Å². The minimum Gasteiger partial charge on any atom is -0.493 e. The summed E-state index contributed by atoms with van der Waals surface area (Å²) in [6.07, 6.45) is 4.66. The normalized spacial score (nSPS) is 12.7. The van der Waals surface area contributed by atoms with Crippen LogP contribution in [0.1, 0.15) is 75.4 Å². The summed E-state index contributed by atoms with van der Waals surface area (Å²) >= 11 is 0. The predicted octanol–water partition coefficient (Wildman–Crippen LogP) is 6.71. The molecule has 3 aromatic rings. The van der Waals surface area contributed by atoms with Crippen LogP contribution in [0.4, 0.5) is 0 Å². The number of hydrogen-bond donors (Lipinski definition) is 0. The average molecular weight is 505 g/mol. The van der Waals surface area contributed by atoms with Gasteiger partial charge >= 0.3 is 0 Å². The molecule has 0 aliphatic heterocycles. The number of rotatable bonds is 12. The summed E-state index contributed by atoms with van der Waals surface area (Å²) < 4.78 is 18.6. The van der Waals surface area contributed by atoms with Crippen molar-refractivity contribution in [2.24, 2.45) is 0 Å². The first kappa shape index (κ1) is 27.7. The Bertz CT molecular complexity index is 1070. The molecule has 0 saturated carbocycles. The molecule has 0 aliphatic carbocycles. The highest BCUT2D eigenvalue weighted by molar-refractivity contribution is 6.99. The molecule has 0 fully saturated rings. The van der Waals surface area contributed by atoms with Crippen LogP contribution in [-0.4, -0.2) is 28.8 Å². The van der Waals surface area contributed by atoms with Crippen LogP contribution in [-0.2, 0) is 4.43 Å². The van der Waals surface area contributed by atoms with E-state index in [-0.39, 0.29) is 11.1 Å². The van der Waals surface area contributed by atoms with E-state index in [2.05, 4.69) is 76.2 Å². The molecule has 3 aromatic carbocycles. The van der Waals surface area contributed by atoms with Crippen LogP contribution in [0.5, 0.6) is 11.5 Å². The van der Waals surface area contributed by atoms with Crippen molar-refractivity contribution in [2.75, 3.05) is 14.2 Å². The zero-order valence-corrected chi connectivity index (χ0v) is 23.5. The first-order valence-corrected chi connectivity index (χ1v) is 14.7. The van der Waals surface area contributed by atoms with Gasteiger partial charge in [-0.1, -0.05) is 108 Å². The molecule has 0 heterocycles. The topological polar surface area (TPSA) is 44.8 Å². The summed E-state index contributed by atoms with van der Waals surface area (Å²) in [6, 6.07) is 24.9. The fourth-order valence-corrected chi connectivity index (χ4v) is 9.74.